The summed E-state index contributed by atoms with van der Waals surface area (Å²) in [5.74, 6) is 0.138. The van der Waals surface area contributed by atoms with Gasteiger partial charge in [0.05, 0.1) is 21.1 Å². The number of anilines is 1. The van der Waals surface area contributed by atoms with Gasteiger partial charge in [-0.25, -0.2) is 4.98 Å². The Bertz CT molecular complexity index is 819. The van der Waals surface area contributed by atoms with E-state index in [2.05, 4.69) is 36.0 Å². The quantitative estimate of drug-likeness (QED) is 0.670. The van der Waals surface area contributed by atoms with Gasteiger partial charge in [-0.3, -0.25) is 4.79 Å². The van der Waals surface area contributed by atoms with Crippen LogP contribution in [-0.4, -0.2) is 16.9 Å². The molecule has 3 rings (SSSR count). The summed E-state index contributed by atoms with van der Waals surface area (Å²) in [6.45, 7) is 8.24. The van der Waals surface area contributed by atoms with Crippen LogP contribution in [0.15, 0.2) is 54.1 Å². The predicted molar refractivity (Wildman–Crippen MR) is 103 cm³/mol. The van der Waals surface area contributed by atoms with Gasteiger partial charge in [0.25, 0.3) is 5.91 Å². The smallest absolute Gasteiger partial charge is 0.261 e. The standard InChI is InChI=1S/C18H19N3OS2/c1-11(2)16(21-17(22)15-9-6-10-23-15)12(3)19-18-20-13-7-4-5-8-14(13)24-18/h4-11,16H,3H2,1-2H3,(H,19,20)(H,21,22). The molecule has 0 spiro atoms. The summed E-state index contributed by atoms with van der Waals surface area (Å²) in [4.78, 5) is 17.6. The van der Waals surface area contributed by atoms with E-state index in [1.165, 1.54) is 11.3 Å². The summed E-state index contributed by atoms with van der Waals surface area (Å²) in [7, 11) is 0. The van der Waals surface area contributed by atoms with Crippen molar-refractivity contribution in [1.82, 2.24) is 10.3 Å². The molecular weight excluding hydrogens is 338 g/mol. The maximum atomic E-state index is 12.3. The van der Waals surface area contributed by atoms with Gasteiger partial charge in [0.1, 0.15) is 0 Å². The van der Waals surface area contributed by atoms with E-state index in [-0.39, 0.29) is 17.9 Å². The number of benzene rings is 1. The van der Waals surface area contributed by atoms with Crippen molar-refractivity contribution in [1.29, 1.82) is 0 Å². The number of nitrogens with one attached hydrogen (secondary N) is 2. The number of carbonyl (C=O) groups excluding carboxylic acids is 1. The SMILES string of the molecule is C=C(Nc1nc2ccccc2s1)C(NC(=O)c1cccs1)C(C)C. The van der Waals surface area contributed by atoms with Gasteiger partial charge in [-0.15, -0.1) is 11.3 Å². The third-order valence-electron chi connectivity index (χ3n) is 3.64. The number of para-hydroxylation sites is 1. The number of nitrogens with zero attached hydrogens (tertiary/aromatic N) is 1. The summed E-state index contributed by atoms with van der Waals surface area (Å²) in [5.41, 5.74) is 1.70. The second-order valence-corrected chi connectivity index (χ2v) is 7.79. The summed E-state index contributed by atoms with van der Waals surface area (Å²) in [5, 5.41) is 9.01. The van der Waals surface area contributed by atoms with Crippen LogP contribution in [0.25, 0.3) is 10.2 Å². The Morgan fingerprint density at radius 3 is 2.67 bits per heavy atom. The van der Waals surface area contributed by atoms with E-state index in [0.717, 1.165) is 21.0 Å². The van der Waals surface area contributed by atoms with Gasteiger partial charge in [-0.05, 0) is 29.5 Å². The third-order valence-corrected chi connectivity index (χ3v) is 5.46. The molecule has 3 aromatic rings. The Labute approximate surface area is 149 Å². The molecule has 0 radical (unpaired) electrons. The molecule has 1 atom stereocenters. The van der Waals surface area contributed by atoms with E-state index in [1.54, 1.807) is 11.3 Å². The first-order valence-electron chi connectivity index (χ1n) is 7.70. The van der Waals surface area contributed by atoms with Crippen LogP contribution in [0.3, 0.4) is 0 Å². The van der Waals surface area contributed by atoms with Gasteiger partial charge in [0.2, 0.25) is 0 Å². The van der Waals surface area contributed by atoms with Crippen molar-refractivity contribution in [3.05, 3.63) is 58.9 Å². The highest BCUT2D eigenvalue weighted by molar-refractivity contribution is 7.22. The van der Waals surface area contributed by atoms with Crippen LogP contribution < -0.4 is 10.6 Å². The Balaban J connectivity index is 1.73. The van der Waals surface area contributed by atoms with Crippen molar-refractivity contribution in [2.24, 2.45) is 5.92 Å². The normalized spacial score (nSPS) is 12.3. The van der Waals surface area contributed by atoms with E-state index in [1.807, 2.05) is 41.8 Å². The fourth-order valence-electron chi connectivity index (χ4n) is 2.42. The number of rotatable bonds is 6. The van der Waals surface area contributed by atoms with Crippen LogP contribution in [0.5, 0.6) is 0 Å². The molecule has 0 saturated carbocycles. The fourth-order valence-corrected chi connectivity index (χ4v) is 3.94. The van der Waals surface area contributed by atoms with E-state index < -0.39 is 0 Å². The van der Waals surface area contributed by atoms with Crippen LogP contribution in [0.2, 0.25) is 0 Å². The molecule has 1 unspecified atom stereocenters. The van der Waals surface area contributed by atoms with Gasteiger partial charge >= 0.3 is 0 Å². The van der Waals surface area contributed by atoms with Gasteiger partial charge in [0, 0.05) is 5.70 Å². The topological polar surface area (TPSA) is 54.0 Å². The lowest BCUT2D eigenvalue weighted by molar-refractivity contribution is 0.0938. The van der Waals surface area contributed by atoms with Crippen LogP contribution in [0, 0.1) is 5.92 Å². The lowest BCUT2D eigenvalue weighted by Gasteiger charge is -2.24. The first-order valence-corrected chi connectivity index (χ1v) is 9.40. The molecule has 4 nitrogen and oxygen atoms in total. The first kappa shape index (κ1) is 16.7. The average molecular weight is 358 g/mol. The molecule has 0 bridgehead atoms. The molecule has 0 aliphatic rings. The summed E-state index contributed by atoms with van der Waals surface area (Å²) < 4.78 is 1.12. The average Bonchev–Trinajstić information content (AvgIpc) is 3.20. The lowest BCUT2D eigenvalue weighted by Crippen LogP contribution is -2.41. The number of hydrogen-bond donors (Lipinski definition) is 2. The van der Waals surface area contributed by atoms with Crippen LogP contribution in [-0.2, 0) is 0 Å². The van der Waals surface area contributed by atoms with E-state index >= 15 is 0 Å². The fraction of sp³-hybridized carbons (Fsp3) is 0.222. The summed E-state index contributed by atoms with van der Waals surface area (Å²) in [6.07, 6.45) is 0. The molecule has 2 heterocycles. The molecule has 0 aliphatic carbocycles. The zero-order valence-corrected chi connectivity index (χ0v) is 15.2. The number of thiazole rings is 1. The molecule has 124 valence electrons. The minimum absolute atomic E-state index is 0.0732. The number of thiophene rings is 1. The molecule has 0 aliphatic heterocycles. The molecule has 1 aromatic carbocycles. The second kappa shape index (κ2) is 7.15. The van der Waals surface area contributed by atoms with E-state index in [0.29, 0.717) is 4.88 Å². The van der Waals surface area contributed by atoms with Gasteiger partial charge in [-0.1, -0.05) is 50.0 Å². The van der Waals surface area contributed by atoms with Crippen LogP contribution in [0.1, 0.15) is 23.5 Å². The number of amides is 1. The largest absolute Gasteiger partial charge is 0.343 e. The maximum absolute atomic E-state index is 12.3. The monoisotopic (exact) mass is 357 g/mol. The number of carbonyl (C=O) groups is 1. The Hall–Kier alpha value is -2.18. The highest BCUT2D eigenvalue weighted by Crippen LogP contribution is 2.27. The van der Waals surface area contributed by atoms with Gasteiger partial charge in [0.15, 0.2) is 5.13 Å². The van der Waals surface area contributed by atoms with Crippen LogP contribution >= 0.6 is 22.7 Å². The number of fused-ring (bicyclic) bond motifs is 1. The molecule has 1 amide bonds. The Kier molecular flexibility index (Phi) is 4.97. The van der Waals surface area contributed by atoms with Crippen molar-refractivity contribution in [3.63, 3.8) is 0 Å². The molecule has 24 heavy (non-hydrogen) atoms. The van der Waals surface area contributed by atoms with Gasteiger partial charge in [-0.2, -0.15) is 0 Å². The molecule has 0 fully saturated rings. The van der Waals surface area contributed by atoms with Crippen molar-refractivity contribution in [2.75, 3.05) is 5.32 Å². The predicted octanol–water partition coefficient (Wildman–Crippen LogP) is 4.74. The second-order valence-electron chi connectivity index (χ2n) is 5.81. The molecule has 6 heteroatoms. The van der Waals surface area contributed by atoms with Crippen molar-refractivity contribution < 1.29 is 4.79 Å². The third kappa shape index (κ3) is 3.66. The number of aromatic nitrogens is 1. The Morgan fingerprint density at radius 1 is 1.21 bits per heavy atom. The zero-order valence-electron chi connectivity index (χ0n) is 13.6. The highest BCUT2D eigenvalue weighted by Gasteiger charge is 2.21. The molecule has 0 saturated heterocycles. The van der Waals surface area contributed by atoms with Gasteiger partial charge < -0.3 is 10.6 Å². The number of hydrogen-bond acceptors (Lipinski definition) is 5. The molecule has 2 N–H and O–H groups in total. The first-order chi connectivity index (χ1) is 11.5. The minimum atomic E-state index is -0.174. The van der Waals surface area contributed by atoms with E-state index in [4.69, 9.17) is 0 Å². The van der Waals surface area contributed by atoms with Crippen molar-refractivity contribution >= 4 is 43.9 Å². The lowest BCUT2D eigenvalue weighted by atomic mass is 10.0. The minimum Gasteiger partial charge on any atom is -0.343 e. The van der Waals surface area contributed by atoms with Crippen molar-refractivity contribution in [2.45, 2.75) is 19.9 Å². The maximum Gasteiger partial charge on any atom is 0.261 e. The highest BCUT2D eigenvalue weighted by atomic mass is 32.1. The van der Waals surface area contributed by atoms with E-state index in [9.17, 15) is 4.79 Å². The summed E-state index contributed by atoms with van der Waals surface area (Å²) >= 11 is 3.01. The molecule has 2 aromatic heterocycles. The Morgan fingerprint density at radius 2 is 2.00 bits per heavy atom. The zero-order chi connectivity index (χ0) is 17.1. The van der Waals surface area contributed by atoms with Crippen LogP contribution in [0.4, 0.5) is 5.13 Å². The summed E-state index contributed by atoms with van der Waals surface area (Å²) in [6, 6.07) is 11.5. The molecular formula is C18H19N3OS2. The van der Waals surface area contributed by atoms with Crippen molar-refractivity contribution in [3.8, 4) is 0 Å².